The molecule has 102 valence electrons. The number of nitrogens with zero attached hydrogens (tertiary/aromatic N) is 2. The molecule has 4 nitrogen and oxygen atoms in total. The molecule has 2 rings (SSSR count). The van der Waals surface area contributed by atoms with Crippen LogP contribution < -0.4 is 11.1 Å². The third-order valence-electron chi connectivity index (χ3n) is 3.91. The van der Waals surface area contributed by atoms with Crippen molar-refractivity contribution in [2.45, 2.75) is 31.7 Å². The van der Waals surface area contributed by atoms with E-state index in [1.54, 1.807) is 6.07 Å². The van der Waals surface area contributed by atoms with Gasteiger partial charge in [-0.3, -0.25) is 0 Å². The minimum Gasteiger partial charge on any atom is -0.398 e. The van der Waals surface area contributed by atoms with Crippen LogP contribution in [0.2, 0.25) is 0 Å². The molecule has 1 aliphatic carbocycles. The van der Waals surface area contributed by atoms with E-state index in [4.69, 9.17) is 11.0 Å². The molecule has 1 saturated carbocycles. The predicted octanol–water partition coefficient (Wildman–Crippen LogP) is 2.43. The SMILES string of the molecule is CN(CCNc1ccc(C#N)c(N)c1)C1CCCC1. The molecular formula is C15H22N4. The van der Waals surface area contributed by atoms with Gasteiger partial charge in [-0.05, 0) is 38.1 Å². The fourth-order valence-corrected chi connectivity index (χ4v) is 2.68. The third-order valence-corrected chi connectivity index (χ3v) is 3.91. The molecule has 3 N–H and O–H groups in total. The lowest BCUT2D eigenvalue weighted by molar-refractivity contribution is 0.254. The van der Waals surface area contributed by atoms with Gasteiger partial charge in [0.25, 0.3) is 0 Å². The highest BCUT2D eigenvalue weighted by Gasteiger charge is 2.18. The number of nitrogen functional groups attached to an aromatic ring is 1. The highest BCUT2D eigenvalue weighted by atomic mass is 15.1. The standard InChI is InChI=1S/C15H22N4/c1-19(14-4-2-3-5-14)9-8-18-13-7-6-12(11-16)15(17)10-13/h6-7,10,14,18H,2-5,8-9,17H2,1H3. The fourth-order valence-electron chi connectivity index (χ4n) is 2.68. The minimum atomic E-state index is 0.536. The van der Waals surface area contributed by atoms with Gasteiger partial charge in [0, 0.05) is 24.8 Å². The molecule has 19 heavy (non-hydrogen) atoms. The lowest BCUT2D eigenvalue weighted by Crippen LogP contribution is -2.33. The normalized spacial score (nSPS) is 15.6. The summed E-state index contributed by atoms with van der Waals surface area (Å²) in [6.45, 7) is 1.93. The maximum Gasteiger partial charge on any atom is 0.101 e. The van der Waals surface area contributed by atoms with Crippen molar-refractivity contribution in [2.24, 2.45) is 0 Å². The van der Waals surface area contributed by atoms with E-state index in [1.807, 2.05) is 12.1 Å². The van der Waals surface area contributed by atoms with Crippen LogP contribution >= 0.6 is 0 Å². The lowest BCUT2D eigenvalue weighted by Gasteiger charge is -2.24. The molecule has 0 amide bonds. The van der Waals surface area contributed by atoms with Crippen LogP contribution in [0.1, 0.15) is 31.2 Å². The number of nitriles is 1. The summed E-state index contributed by atoms with van der Waals surface area (Å²) in [7, 11) is 2.20. The van der Waals surface area contributed by atoms with Gasteiger partial charge < -0.3 is 16.0 Å². The van der Waals surface area contributed by atoms with Crippen LogP contribution in [0.4, 0.5) is 11.4 Å². The quantitative estimate of drug-likeness (QED) is 0.796. The first-order valence-corrected chi connectivity index (χ1v) is 6.94. The zero-order valence-electron chi connectivity index (χ0n) is 11.5. The van der Waals surface area contributed by atoms with Crippen molar-refractivity contribution in [1.29, 1.82) is 5.26 Å². The molecule has 0 radical (unpaired) electrons. The van der Waals surface area contributed by atoms with Crippen LogP contribution in [0.15, 0.2) is 18.2 Å². The third kappa shape index (κ3) is 3.62. The minimum absolute atomic E-state index is 0.536. The Bertz CT molecular complexity index is 458. The smallest absolute Gasteiger partial charge is 0.101 e. The number of likely N-dealkylation sites (N-methyl/N-ethyl adjacent to an activating group) is 1. The largest absolute Gasteiger partial charge is 0.398 e. The van der Waals surface area contributed by atoms with Gasteiger partial charge in [0.1, 0.15) is 6.07 Å². The number of rotatable bonds is 5. The Labute approximate surface area is 115 Å². The van der Waals surface area contributed by atoms with Crippen molar-refractivity contribution in [2.75, 3.05) is 31.2 Å². The molecule has 0 aliphatic heterocycles. The van der Waals surface area contributed by atoms with Crippen LogP contribution in [0.5, 0.6) is 0 Å². The van der Waals surface area contributed by atoms with Gasteiger partial charge >= 0.3 is 0 Å². The highest BCUT2D eigenvalue weighted by molar-refractivity contribution is 5.62. The number of nitrogens with two attached hydrogens (primary N) is 1. The van der Waals surface area contributed by atoms with Crippen LogP contribution in [0, 0.1) is 11.3 Å². The summed E-state index contributed by atoms with van der Waals surface area (Å²) >= 11 is 0. The second-order valence-corrected chi connectivity index (χ2v) is 5.26. The molecule has 4 heteroatoms. The van der Waals surface area contributed by atoms with Gasteiger partial charge in [0.2, 0.25) is 0 Å². The van der Waals surface area contributed by atoms with Gasteiger partial charge in [-0.2, -0.15) is 5.26 Å². The zero-order valence-corrected chi connectivity index (χ0v) is 11.5. The molecule has 0 atom stereocenters. The Morgan fingerprint density at radius 1 is 1.42 bits per heavy atom. The molecule has 0 unspecified atom stereocenters. The summed E-state index contributed by atoms with van der Waals surface area (Å²) in [6, 6.07) is 8.33. The highest BCUT2D eigenvalue weighted by Crippen LogP contribution is 2.22. The Kier molecular flexibility index (Phi) is 4.64. The molecular weight excluding hydrogens is 236 g/mol. The second kappa shape index (κ2) is 6.44. The number of hydrogen-bond donors (Lipinski definition) is 2. The second-order valence-electron chi connectivity index (χ2n) is 5.26. The van der Waals surface area contributed by atoms with E-state index in [-0.39, 0.29) is 0 Å². The van der Waals surface area contributed by atoms with Crippen LogP contribution in [0.3, 0.4) is 0 Å². The molecule has 1 aromatic rings. The first-order valence-electron chi connectivity index (χ1n) is 6.94. The van der Waals surface area contributed by atoms with Crippen LogP contribution in [0.25, 0.3) is 0 Å². The Balaban J connectivity index is 1.79. The van der Waals surface area contributed by atoms with E-state index in [2.05, 4.69) is 23.3 Å². The molecule has 0 aromatic heterocycles. The van der Waals surface area contributed by atoms with Gasteiger partial charge in [-0.1, -0.05) is 12.8 Å². The van der Waals surface area contributed by atoms with Gasteiger partial charge in [-0.15, -0.1) is 0 Å². The zero-order chi connectivity index (χ0) is 13.7. The van der Waals surface area contributed by atoms with E-state index in [1.165, 1.54) is 25.7 Å². The van der Waals surface area contributed by atoms with Crippen molar-refractivity contribution in [3.8, 4) is 6.07 Å². The van der Waals surface area contributed by atoms with Gasteiger partial charge in [0.05, 0.1) is 11.3 Å². The van der Waals surface area contributed by atoms with E-state index in [0.29, 0.717) is 11.3 Å². The number of nitrogens with one attached hydrogen (secondary N) is 1. The Morgan fingerprint density at radius 2 is 2.16 bits per heavy atom. The maximum absolute atomic E-state index is 8.82. The molecule has 0 heterocycles. The summed E-state index contributed by atoms with van der Waals surface area (Å²) in [4.78, 5) is 2.44. The summed E-state index contributed by atoms with van der Waals surface area (Å²) in [6.07, 6.45) is 5.41. The van der Waals surface area contributed by atoms with Crippen molar-refractivity contribution in [3.05, 3.63) is 23.8 Å². The molecule has 1 aromatic carbocycles. The lowest BCUT2D eigenvalue weighted by atomic mass is 10.2. The average molecular weight is 258 g/mol. The summed E-state index contributed by atoms with van der Waals surface area (Å²) in [5, 5.41) is 12.2. The first-order chi connectivity index (χ1) is 9.20. The molecule has 0 spiro atoms. The van der Waals surface area contributed by atoms with Crippen molar-refractivity contribution in [3.63, 3.8) is 0 Å². The number of benzene rings is 1. The molecule has 1 aliphatic rings. The Hall–Kier alpha value is -1.73. The number of hydrogen-bond acceptors (Lipinski definition) is 4. The maximum atomic E-state index is 8.82. The first kappa shape index (κ1) is 13.7. The van der Waals surface area contributed by atoms with Crippen molar-refractivity contribution >= 4 is 11.4 Å². The van der Waals surface area contributed by atoms with Gasteiger partial charge in [-0.25, -0.2) is 0 Å². The molecule has 1 fully saturated rings. The van der Waals surface area contributed by atoms with Crippen molar-refractivity contribution in [1.82, 2.24) is 4.90 Å². The van der Waals surface area contributed by atoms with Crippen molar-refractivity contribution < 1.29 is 0 Å². The topological polar surface area (TPSA) is 65.1 Å². The summed E-state index contributed by atoms with van der Waals surface area (Å²) in [5.74, 6) is 0. The van der Waals surface area contributed by atoms with E-state index in [9.17, 15) is 0 Å². The van der Waals surface area contributed by atoms with Gasteiger partial charge in [0.15, 0.2) is 0 Å². The van der Waals surface area contributed by atoms with Crippen LogP contribution in [-0.2, 0) is 0 Å². The fraction of sp³-hybridized carbons (Fsp3) is 0.533. The predicted molar refractivity (Wildman–Crippen MR) is 78.9 cm³/mol. The monoisotopic (exact) mass is 258 g/mol. The Morgan fingerprint density at radius 3 is 2.79 bits per heavy atom. The average Bonchev–Trinajstić information content (AvgIpc) is 2.93. The van der Waals surface area contributed by atoms with Crippen LogP contribution in [-0.4, -0.2) is 31.1 Å². The molecule has 0 bridgehead atoms. The van der Waals surface area contributed by atoms with E-state index >= 15 is 0 Å². The van der Waals surface area contributed by atoms with E-state index in [0.717, 1.165) is 24.8 Å². The molecule has 0 saturated heterocycles. The number of anilines is 2. The van der Waals surface area contributed by atoms with E-state index < -0.39 is 0 Å². The summed E-state index contributed by atoms with van der Waals surface area (Å²) < 4.78 is 0. The summed E-state index contributed by atoms with van der Waals surface area (Å²) in [5.41, 5.74) is 7.85.